The van der Waals surface area contributed by atoms with Crippen molar-refractivity contribution in [2.24, 2.45) is 0 Å². The molecule has 0 aliphatic carbocycles. The number of aliphatic hydroxyl groups is 1. The van der Waals surface area contributed by atoms with Crippen molar-refractivity contribution in [3.63, 3.8) is 0 Å². The fraction of sp³-hybridized carbons (Fsp3) is 0.100. The summed E-state index contributed by atoms with van der Waals surface area (Å²) in [5.74, 6) is -0.744. The molecule has 1 aromatic carbocycles. The van der Waals surface area contributed by atoms with E-state index in [-0.39, 0.29) is 18.0 Å². The summed E-state index contributed by atoms with van der Waals surface area (Å²) < 4.78 is 14.8. The molecule has 0 amide bonds. The molecule has 0 radical (unpaired) electrons. The number of halogens is 1. The van der Waals surface area contributed by atoms with Crippen molar-refractivity contribution in [3.05, 3.63) is 52.1 Å². The van der Waals surface area contributed by atoms with Gasteiger partial charge in [-0.2, -0.15) is 5.10 Å². The predicted molar refractivity (Wildman–Crippen MR) is 56.1 cm³/mol. The fourth-order valence-corrected chi connectivity index (χ4v) is 1.38. The highest BCUT2D eigenvalue weighted by Crippen LogP contribution is 2.19. The standard InChI is InChI=1S/C10H8FN3O3/c11-9-5-8(14(16)17)1-2-10(9)13-4-3-7(6-15)12-13/h1-5,15H,6H2. The number of nitrogens with zero attached hydrogens (tertiary/aromatic N) is 3. The molecule has 0 saturated carbocycles. The van der Waals surface area contributed by atoms with Crippen LogP contribution in [0.5, 0.6) is 0 Å². The summed E-state index contributed by atoms with van der Waals surface area (Å²) >= 11 is 0. The molecule has 88 valence electrons. The molecule has 0 fully saturated rings. The summed E-state index contributed by atoms with van der Waals surface area (Å²) in [5.41, 5.74) is 0.166. The molecule has 0 unspecified atom stereocenters. The van der Waals surface area contributed by atoms with Gasteiger partial charge in [-0.05, 0) is 12.1 Å². The second-order valence-electron chi connectivity index (χ2n) is 3.30. The van der Waals surface area contributed by atoms with Gasteiger partial charge >= 0.3 is 0 Å². The zero-order chi connectivity index (χ0) is 12.4. The van der Waals surface area contributed by atoms with Gasteiger partial charge in [0.15, 0.2) is 5.82 Å². The van der Waals surface area contributed by atoms with E-state index in [0.29, 0.717) is 5.69 Å². The van der Waals surface area contributed by atoms with Crippen LogP contribution in [0.3, 0.4) is 0 Å². The molecule has 1 N–H and O–H groups in total. The molecule has 1 aromatic heterocycles. The number of nitro benzene ring substituents is 1. The lowest BCUT2D eigenvalue weighted by atomic mass is 10.3. The van der Waals surface area contributed by atoms with Crippen LogP contribution in [-0.2, 0) is 6.61 Å². The minimum Gasteiger partial charge on any atom is -0.390 e. The van der Waals surface area contributed by atoms with Crippen LogP contribution in [0.2, 0.25) is 0 Å². The Morgan fingerprint density at radius 3 is 2.76 bits per heavy atom. The second-order valence-corrected chi connectivity index (χ2v) is 3.30. The third-order valence-corrected chi connectivity index (χ3v) is 2.20. The molecule has 6 nitrogen and oxygen atoms in total. The Hall–Kier alpha value is -2.28. The highest BCUT2D eigenvalue weighted by Gasteiger charge is 2.12. The molecule has 0 bridgehead atoms. The van der Waals surface area contributed by atoms with E-state index in [9.17, 15) is 14.5 Å². The van der Waals surface area contributed by atoms with E-state index in [0.717, 1.165) is 6.07 Å². The average Bonchev–Trinajstić information content (AvgIpc) is 2.77. The number of hydrogen-bond acceptors (Lipinski definition) is 4. The van der Waals surface area contributed by atoms with Crippen LogP contribution < -0.4 is 0 Å². The Balaban J connectivity index is 2.42. The van der Waals surface area contributed by atoms with E-state index >= 15 is 0 Å². The first-order chi connectivity index (χ1) is 8.11. The summed E-state index contributed by atoms with van der Waals surface area (Å²) in [5, 5.41) is 23.2. The zero-order valence-corrected chi connectivity index (χ0v) is 8.58. The minimum atomic E-state index is -0.744. The van der Waals surface area contributed by atoms with Crippen LogP contribution in [0.1, 0.15) is 5.69 Å². The van der Waals surface area contributed by atoms with Gasteiger partial charge in [-0.15, -0.1) is 0 Å². The molecule has 0 atom stereocenters. The van der Waals surface area contributed by atoms with Crippen molar-refractivity contribution in [2.45, 2.75) is 6.61 Å². The van der Waals surface area contributed by atoms with Crippen LogP contribution in [-0.4, -0.2) is 19.8 Å². The number of hydrogen-bond donors (Lipinski definition) is 1. The van der Waals surface area contributed by atoms with Crippen molar-refractivity contribution >= 4 is 5.69 Å². The smallest absolute Gasteiger partial charge is 0.272 e. The maximum absolute atomic E-state index is 13.6. The lowest BCUT2D eigenvalue weighted by Crippen LogP contribution is -2.00. The third kappa shape index (κ3) is 2.13. The van der Waals surface area contributed by atoms with Crippen LogP contribution in [0.4, 0.5) is 10.1 Å². The molecule has 7 heteroatoms. The summed E-state index contributed by atoms with van der Waals surface area (Å²) in [4.78, 5) is 9.76. The van der Waals surface area contributed by atoms with Crippen LogP contribution in [0.15, 0.2) is 30.5 Å². The Morgan fingerprint density at radius 1 is 1.47 bits per heavy atom. The van der Waals surface area contributed by atoms with Gasteiger partial charge in [0.1, 0.15) is 5.69 Å². The monoisotopic (exact) mass is 237 g/mol. The molecule has 0 saturated heterocycles. The van der Waals surface area contributed by atoms with E-state index in [1.54, 1.807) is 0 Å². The van der Waals surface area contributed by atoms with Gasteiger partial charge in [0.05, 0.1) is 23.3 Å². The first-order valence-electron chi connectivity index (χ1n) is 4.71. The van der Waals surface area contributed by atoms with E-state index in [2.05, 4.69) is 5.10 Å². The summed E-state index contributed by atoms with van der Waals surface area (Å²) in [6.07, 6.45) is 1.47. The van der Waals surface area contributed by atoms with Crippen molar-refractivity contribution in [3.8, 4) is 5.69 Å². The Bertz CT molecular complexity index is 568. The number of aliphatic hydroxyl groups excluding tert-OH is 1. The normalized spacial score (nSPS) is 10.5. The van der Waals surface area contributed by atoms with Crippen molar-refractivity contribution in [1.29, 1.82) is 0 Å². The van der Waals surface area contributed by atoms with Crippen LogP contribution in [0, 0.1) is 15.9 Å². The Morgan fingerprint density at radius 2 is 2.24 bits per heavy atom. The van der Waals surface area contributed by atoms with Crippen LogP contribution in [0.25, 0.3) is 5.69 Å². The highest BCUT2D eigenvalue weighted by molar-refractivity contribution is 5.41. The predicted octanol–water partition coefficient (Wildman–Crippen LogP) is 1.41. The van der Waals surface area contributed by atoms with Gasteiger partial charge in [-0.25, -0.2) is 9.07 Å². The van der Waals surface area contributed by atoms with E-state index < -0.39 is 10.7 Å². The number of non-ortho nitro benzene ring substituents is 1. The first-order valence-corrected chi connectivity index (χ1v) is 4.71. The van der Waals surface area contributed by atoms with Gasteiger partial charge in [0.2, 0.25) is 0 Å². The van der Waals surface area contributed by atoms with Gasteiger partial charge < -0.3 is 5.11 Å². The summed E-state index contributed by atoms with van der Waals surface area (Å²) in [6, 6.07) is 4.82. The number of nitro groups is 1. The molecule has 2 rings (SSSR count). The third-order valence-electron chi connectivity index (χ3n) is 2.20. The van der Waals surface area contributed by atoms with Crippen LogP contribution >= 0.6 is 0 Å². The zero-order valence-electron chi connectivity index (χ0n) is 8.58. The molecule has 2 aromatic rings. The Labute approximate surface area is 95.1 Å². The number of benzene rings is 1. The lowest BCUT2D eigenvalue weighted by Gasteiger charge is -2.02. The molecular formula is C10H8FN3O3. The summed E-state index contributed by atoms with van der Waals surface area (Å²) in [7, 11) is 0. The average molecular weight is 237 g/mol. The lowest BCUT2D eigenvalue weighted by molar-refractivity contribution is -0.385. The molecule has 0 spiro atoms. The quantitative estimate of drug-likeness (QED) is 0.646. The highest BCUT2D eigenvalue weighted by atomic mass is 19.1. The summed E-state index contributed by atoms with van der Waals surface area (Å²) in [6.45, 7) is -0.248. The Kier molecular flexibility index (Phi) is 2.84. The molecular weight excluding hydrogens is 229 g/mol. The topological polar surface area (TPSA) is 81.2 Å². The van der Waals surface area contributed by atoms with E-state index in [1.807, 2.05) is 0 Å². The van der Waals surface area contributed by atoms with Crippen molar-refractivity contribution in [1.82, 2.24) is 9.78 Å². The largest absolute Gasteiger partial charge is 0.390 e. The van der Waals surface area contributed by atoms with Gasteiger partial charge in [-0.1, -0.05) is 0 Å². The maximum Gasteiger partial charge on any atom is 0.272 e. The first kappa shape index (κ1) is 11.2. The fourth-order valence-electron chi connectivity index (χ4n) is 1.38. The molecule has 1 heterocycles. The molecule has 0 aliphatic rings. The van der Waals surface area contributed by atoms with Gasteiger partial charge in [-0.3, -0.25) is 10.1 Å². The SMILES string of the molecule is O=[N+]([O-])c1ccc(-n2ccc(CO)n2)c(F)c1. The van der Waals surface area contributed by atoms with Gasteiger partial charge in [0, 0.05) is 12.3 Å². The molecule has 0 aliphatic heterocycles. The number of rotatable bonds is 3. The minimum absolute atomic E-state index is 0.0929. The van der Waals surface area contributed by atoms with E-state index in [4.69, 9.17) is 5.11 Å². The van der Waals surface area contributed by atoms with Crippen molar-refractivity contribution in [2.75, 3.05) is 0 Å². The maximum atomic E-state index is 13.6. The van der Waals surface area contributed by atoms with Crippen molar-refractivity contribution < 1.29 is 14.4 Å². The molecule has 17 heavy (non-hydrogen) atoms. The second kappa shape index (κ2) is 4.30. The van der Waals surface area contributed by atoms with E-state index in [1.165, 1.54) is 29.1 Å². The number of aromatic nitrogens is 2. The van der Waals surface area contributed by atoms with Gasteiger partial charge in [0.25, 0.3) is 5.69 Å².